The van der Waals surface area contributed by atoms with Gasteiger partial charge in [0, 0.05) is 11.5 Å². The van der Waals surface area contributed by atoms with Gasteiger partial charge in [-0.25, -0.2) is 0 Å². The summed E-state index contributed by atoms with van der Waals surface area (Å²) in [6, 6.07) is 9.10. The van der Waals surface area contributed by atoms with Crippen molar-refractivity contribution in [1.82, 2.24) is 5.32 Å². The first-order valence-corrected chi connectivity index (χ1v) is 7.78. The van der Waals surface area contributed by atoms with Gasteiger partial charge in [-0.15, -0.1) is 0 Å². The van der Waals surface area contributed by atoms with Crippen LogP contribution in [0.5, 0.6) is 0 Å². The van der Waals surface area contributed by atoms with E-state index in [0.29, 0.717) is 11.5 Å². The molecule has 0 radical (unpaired) electrons. The molecule has 3 heteroatoms. The lowest BCUT2D eigenvalue weighted by atomic mass is 9.64. The van der Waals surface area contributed by atoms with Gasteiger partial charge in [-0.05, 0) is 24.2 Å². The molecule has 0 saturated heterocycles. The molecule has 0 aliphatic heterocycles. The van der Waals surface area contributed by atoms with Gasteiger partial charge in [0.2, 0.25) is 5.91 Å². The molecule has 21 heavy (non-hydrogen) atoms. The molecule has 0 unspecified atom stereocenters. The Labute approximate surface area is 127 Å². The summed E-state index contributed by atoms with van der Waals surface area (Å²) in [6.45, 7) is 6.55. The Kier molecular flexibility index (Phi) is 4.81. The highest BCUT2D eigenvalue weighted by molar-refractivity contribution is 5.99. The molecule has 3 nitrogen and oxygen atoms in total. The van der Waals surface area contributed by atoms with E-state index in [9.17, 15) is 9.59 Å². The fourth-order valence-electron chi connectivity index (χ4n) is 3.59. The van der Waals surface area contributed by atoms with Crippen molar-refractivity contribution in [3.8, 4) is 0 Å². The van der Waals surface area contributed by atoms with Crippen LogP contribution in [0.1, 0.15) is 50.4 Å². The second kappa shape index (κ2) is 6.42. The van der Waals surface area contributed by atoms with E-state index in [-0.39, 0.29) is 29.6 Å². The molecule has 1 aromatic carbocycles. The van der Waals surface area contributed by atoms with Crippen molar-refractivity contribution in [2.45, 2.75) is 40.0 Å². The van der Waals surface area contributed by atoms with E-state index < -0.39 is 0 Å². The van der Waals surface area contributed by atoms with Gasteiger partial charge in [0.25, 0.3) is 0 Å². The summed E-state index contributed by atoms with van der Waals surface area (Å²) < 4.78 is 0. The molecule has 1 aromatic rings. The topological polar surface area (TPSA) is 46.2 Å². The number of carbonyl (C=O) groups is 2. The van der Waals surface area contributed by atoms with Crippen molar-refractivity contribution in [3.63, 3.8) is 0 Å². The quantitative estimate of drug-likeness (QED) is 0.862. The second-order valence-electron chi connectivity index (χ2n) is 6.84. The maximum atomic E-state index is 12.5. The molecule has 0 bridgehead atoms. The Morgan fingerprint density at radius 1 is 1.24 bits per heavy atom. The van der Waals surface area contributed by atoms with Gasteiger partial charge in [-0.1, -0.05) is 57.5 Å². The lowest BCUT2D eigenvalue weighted by molar-refractivity contribution is -0.132. The Hall–Kier alpha value is -1.64. The molecule has 1 fully saturated rings. The van der Waals surface area contributed by atoms with E-state index >= 15 is 0 Å². The van der Waals surface area contributed by atoms with Gasteiger partial charge in [0.1, 0.15) is 0 Å². The molecular formula is C18H25NO2. The van der Waals surface area contributed by atoms with Crippen LogP contribution >= 0.6 is 0 Å². The molecule has 0 heterocycles. The Morgan fingerprint density at radius 2 is 1.90 bits per heavy atom. The Bertz CT molecular complexity index is 507. The molecule has 1 saturated carbocycles. The van der Waals surface area contributed by atoms with Gasteiger partial charge >= 0.3 is 0 Å². The standard InChI is InChI=1S/C18H25NO2/c1-13-8-7-11-18(2,3)16(13)17(21)19-12-15(20)14-9-5-4-6-10-14/h4-6,9-10,13,16H,7-8,11-12H2,1-3H3,(H,19,21)/t13-,16-/m1/s1. The molecule has 1 aliphatic rings. The minimum Gasteiger partial charge on any atom is -0.348 e. The van der Waals surface area contributed by atoms with Crippen LogP contribution < -0.4 is 5.32 Å². The van der Waals surface area contributed by atoms with Gasteiger partial charge in [0.05, 0.1) is 6.54 Å². The zero-order chi connectivity index (χ0) is 15.5. The average Bonchev–Trinajstić information content (AvgIpc) is 2.44. The lowest BCUT2D eigenvalue weighted by Gasteiger charge is -2.41. The zero-order valence-corrected chi connectivity index (χ0v) is 13.2. The van der Waals surface area contributed by atoms with E-state index in [2.05, 4.69) is 26.1 Å². The summed E-state index contributed by atoms with van der Waals surface area (Å²) in [5.41, 5.74) is 0.658. The van der Waals surface area contributed by atoms with Crippen LogP contribution in [0.4, 0.5) is 0 Å². The van der Waals surface area contributed by atoms with Crippen molar-refractivity contribution in [2.24, 2.45) is 17.3 Å². The fourth-order valence-corrected chi connectivity index (χ4v) is 3.59. The minimum absolute atomic E-state index is 0.00479. The van der Waals surface area contributed by atoms with Crippen LogP contribution in [0.25, 0.3) is 0 Å². The number of ketones is 1. The first-order chi connectivity index (χ1) is 9.92. The highest BCUT2D eigenvalue weighted by atomic mass is 16.2. The molecule has 0 aromatic heterocycles. The van der Waals surface area contributed by atoms with Crippen molar-refractivity contribution >= 4 is 11.7 Å². The lowest BCUT2D eigenvalue weighted by Crippen LogP contribution is -2.46. The summed E-state index contributed by atoms with van der Waals surface area (Å²) in [5.74, 6) is 0.358. The largest absolute Gasteiger partial charge is 0.348 e. The molecule has 2 rings (SSSR count). The van der Waals surface area contributed by atoms with Crippen molar-refractivity contribution < 1.29 is 9.59 Å². The average molecular weight is 287 g/mol. The van der Waals surface area contributed by atoms with Gasteiger partial charge in [-0.3, -0.25) is 9.59 Å². The predicted octanol–water partition coefficient (Wildman–Crippen LogP) is 3.45. The third kappa shape index (κ3) is 3.72. The van der Waals surface area contributed by atoms with Gasteiger partial charge in [-0.2, -0.15) is 0 Å². The predicted molar refractivity (Wildman–Crippen MR) is 84.1 cm³/mol. The summed E-state index contributed by atoms with van der Waals surface area (Å²) >= 11 is 0. The highest BCUT2D eigenvalue weighted by Crippen LogP contribution is 2.43. The number of nitrogens with one attached hydrogen (secondary N) is 1. The monoisotopic (exact) mass is 287 g/mol. The van der Waals surface area contributed by atoms with Gasteiger partial charge in [0.15, 0.2) is 5.78 Å². The van der Waals surface area contributed by atoms with E-state index in [1.54, 1.807) is 12.1 Å². The smallest absolute Gasteiger partial charge is 0.224 e. The summed E-state index contributed by atoms with van der Waals surface area (Å²) in [7, 11) is 0. The summed E-state index contributed by atoms with van der Waals surface area (Å²) in [5, 5.41) is 2.85. The number of hydrogen-bond donors (Lipinski definition) is 1. The Morgan fingerprint density at radius 3 is 2.52 bits per heavy atom. The van der Waals surface area contributed by atoms with Crippen LogP contribution in [-0.2, 0) is 4.79 Å². The number of benzene rings is 1. The summed E-state index contributed by atoms with van der Waals surface area (Å²) in [4.78, 5) is 24.6. The zero-order valence-electron chi connectivity index (χ0n) is 13.2. The molecule has 1 N–H and O–H groups in total. The first kappa shape index (κ1) is 15.7. The number of amides is 1. The number of hydrogen-bond acceptors (Lipinski definition) is 2. The van der Waals surface area contributed by atoms with E-state index in [0.717, 1.165) is 12.8 Å². The van der Waals surface area contributed by atoms with Gasteiger partial charge < -0.3 is 5.32 Å². The maximum absolute atomic E-state index is 12.5. The van der Waals surface area contributed by atoms with E-state index in [1.807, 2.05) is 18.2 Å². The van der Waals surface area contributed by atoms with E-state index in [4.69, 9.17) is 0 Å². The first-order valence-electron chi connectivity index (χ1n) is 7.78. The van der Waals surface area contributed by atoms with Crippen LogP contribution in [-0.4, -0.2) is 18.2 Å². The van der Waals surface area contributed by atoms with Crippen LogP contribution in [0, 0.1) is 17.3 Å². The fraction of sp³-hybridized carbons (Fsp3) is 0.556. The van der Waals surface area contributed by atoms with Crippen LogP contribution in [0.15, 0.2) is 30.3 Å². The van der Waals surface area contributed by atoms with Crippen LogP contribution in [0.2, 0.25) is 0 Å². The number of Topliss-reactive ketones (excluding diaryl/α,β-unsaturated/α-hetero) is 1. The third-order valence-corrected chi connectivity index (χ3v) is 4.69. The maximum Gasteiger partial charge on any atom is 0.224 e. The van der Waals surface area contributed by atoms with E-state index in [1.165, 1.54) is 6.42 Å². The SMILES string of the molecule is C[C@@H]1CCCC(C)(C)[C@H]1C(=O)NCC(=O)c1ccccc1. The minimum atomic E-state index is -0.0368. The molecule has 1 amide bonds. The highest BCUT2D eigenvalue weighted by Gasteiger charge is 2.41. The molecule has 2 atom stereocenters. The van der Waals surface area contributed by atoms with Crippen molar-refractivity contribution in [3.05, 3.63) is 35.9 Å². The number of carbonyl (C=O) groups excluding carboxylic acids is 2. The second-order valence-corrected chi connectivity index (χ2v) is 6.84. The van der Waals surface area contributed by atoms with Crippen molar-refractivity contribution in [1.29, 1.82) is 0 Å². The number of rotatable bonds is 4. The summed E-state index contributed by atoms with van der Waals surface area (Å²) in [6.07, 6.45) is 3.34. The molecule has 0 spiro atoms. The van der Waals surface area contributed by atoms with Crippen molar-refractivity contribution in [2.75, 3.05) is 6.54 Å². The molecule has 1 aliphatic carbocycles. The normalized spacial score (nSPS) is 24.3. The molecule has 114 valence electrons. The third-order valence-electron chi connectivity index (χ3n) is 4.69. The molecular weight excluding hydrogens is 262 g/mol. The van der Waals surface area contributed by atoms with Crippen LogP contribution in [0.3, 0.4) is 0 Å². The Balaban J connectivity index is 1.96.